The first-order chi connectivity index (χ1) is 14.3. The number of carbonyl (C=O) groups is 4. The molecule has 1 unspecified atom stereocenters. The van der Waals surface area contributed by atoms with Crippen molar-refractivity contribution in [3.05, 3.63) is 35.9 Å². The fourth-order valence-corrected chi connectivity index (χ4v) is 4.07. The number of rotatable bonds is 8. The van der Waals surface area contributed by atoms with E-state index in [1.54, 1.807) is 31.2 Å². The van der Waals surface area contributed by atoms with E-state index in [1.807, 2.05) is 26.0 Å². The zero-order valence-corrected chi connectivity index (χ0v) is 18.5. The summed E-state index contributed by atoms with van der Waals surface area (Å²) in [4.78, 5) is 51.2. The minimum Gasteiger partial charge on any atom is -0.465 e. The van der Waals surface area contributed by atoms with Crippen LogP contribution in [0.15, 0.2) is 30.3 Å². The van der Waals surface area contributed by atoms with Crippen LogP contribution in [0.4, 0.5) is 5.69 Å². The second kappa shape index (κ2) is 11.0. The Morgan fingerprint density at radius 3 is 2.57 bits per heavy atom. The largest absolute Gasteiger partial charge is 0.465 e. The van der Waals surface area contributed by atoms with Gasteiger partial charge < -0.3 is 10.1 Å². The van der Waals surface area contributed by atoms with Crippen LogP contribution < -0.4 is 10.2 Å². The number of carbonyl (C=O) groups excluding carboxylic acids is 4. The lowest BCUT2D eigenvalue weighted by Gasteiger charge is -2.27. The predicted octanol–water partition coefficient (Wildman–Crippen LogP) is 2.79. The number of benzene rings is 1. The molecule has 162 valence electrons. The Morgan fingerprint density at radius 1 is 1.23 bits per heavy atom. The van der Waals surface area contributed by atoms with Gasteiger partial charge in [0, 0.05) is 6.92 Å². The maximum absolute atomic E-state index is 13.2. The molecule has 0 spiro atoms. The second-order valence-corrected chi connectivity index (χ2v) is 8.37. The number of hydrogen-bond acceptors (Lipinski definition) is 6. The Bertz CT molecular complexity index is 839. The normalized spacial score (nSPS) is 17.5. The zero-order valence-electron chi connectivity index (χ0n) is 17.7. The van der Waals surface area contributed by atoms with E-state index in [9.17, 15) is 19.2 Å². The van der Waals surface area contributed by atoms with Crippen LogP contribution in [0.3, 0.4) is 0 Å². The lowest BCUT2D eigenvalue weighted by Crippen LogP contribution is -2.51. The summed E-state index contributed by atoms with van der Waals surface area (Å²) < 4.78 is 5.01. The Labute approximate surface area is 181 Å². The van der Waals surface area contributed by atoms with Crippen LogP contribution in [0.25, 0.3) is 6.08 Å². The number of hydrogen-bond donors (Lipinski definition) is 1. The van der Waals surface area contributed by atoms with Crippen molar-refractivity contribution in [1.29, 1.82) is 0 Å². The van der Waals surface area contributed by atoms with Gasteiger partial charge in [0.15, 0.2) is 5.12 Å². The quantitative estimate of drug-likeness (QED) is 0.635. The average Bonchev–Trinajstić information content (AvgIpc) is 2.83. The summed E-state index contributed by atoms with van der Waals surface area (Å²) in [5, 5.41) is 2.00. The van der Waals surface area contributed by atoms with Crippen LogP contribution in [-0.2, 0) is 23.9 Å². The van der Waals surface area contributed by atoms with Crippen LogP contribution in [-0.4, -0.2) is 47.3 Å². The molecule has 2 amide bonds. The molecular formula is C22H28N2O5S. The lowest BCUT2D eigenvalue weighted by molar-refractivity contribution is -0.142. The summed E-state index contributed by atoms with van der Waals surface area (Å²) in [6.45, 7) is 6.91. The average molecular weight is 433 g/mol. The predicted molar refractivity (Wildman–Crippen MR) is 118 cm³/mol. The monoisotopic (exact) mass is 432 g/mol. The number of anilines is 1. The van der Waals surface area contributed by atoms with Crippen molar-refractivity contribution in [2.24, 2.45) is 5.92 Å². The highest BCUT2D eigenvalue weighted by molar-refractivity contribution is 8.14. The minimum absolute atomic E-state index is 0.0448. The van der Waals surface area contributed by atoms with E-state index in [0.29, 0.717) is 12.1 Å². The molecule has 0 fully saturated rings. The second-order valence-electron chi connectivity index (χ2n) is 7.05. The topological polar surface area (TPSA) is 92.8 Å². The molecule has 30 heavy (non-hydrogen) atoms. The van der Waals surface area contributed by atoms with Gasteiger partial charge in [-0.1, -0.05) is 62.4 Å². The number of amides is 2. The van der Waals surface area contributed by atoms with Gasteiger partial charge in [0.1, 0.15) is 12.6 Å². The third kappa shape index (κ3) is 5.95. The van der Waals surface area contributed by atoms with Crippen LogP contribution in [0, 0.1) is 5.92 Å². The lowest BCUT2D eigenvalue weighted by atomic mass is 10.0. The first kappa shape index (κ1) is 23.7. The van der Waals surface area contributed by atoms with Gasteiger partial charge in [-0.05, 0) is 24.5 Å². The molecule has 0 aliphatic carbocycles. The molecule has 0 saturated heterocycles. The number of nitrogens with zero attached hydrogens (tertiary/aromatic N) is 1. The number of para-hydroxylation sites is 1. The highest BCUT2D eigenvalue weighted by atomic mass is 32.2. The van der Waals surface area contributed by atoms with Crippen molar-refractivity contribution < 1.29 is 23.9 Å². The van der Waals surface area contributed by atoms with Crippen molar-refractivity contribution in [2.75, 3.05) is 18.1 Å². The van der Waals surface area contributed by atoms with Crippen LogP contribution >= 0.6 is 11.8 Å². The smallest absolute Gasteiger partial charge is 0.326 e. The standard InChI is InChI=1S/C22H28N2O5S/c1-5-14(3)20(30-15(4)25)21(27)23-17-12-11-16-9-7-8-10-18(16)24(22(17)28)13-19(26)29-6-2/h7-12,14,17,20H,5-6,13H2,1-4H3,(H,23,27)/t14-,17?,20-/m0/s1. The molecule has 1 aliphatic heterocycles. The minimum atomic E-state index is -0.960. The first-order valence-corrected chi connectivity index (χ1v) is 10.9. The van der Waals surface area contributed by atoms with Gasteiger partial charge in [0.05, 0.1) is 17.5 Å². The van der Waals surface area contributed by atoms with Crippen LogP contribution in [0.1, 0.15) is 39.7 Å². The van der Waals surface area contributed by atoms with Crippen LogP contribution in [0.2, 0.25) is 0 Å². The van der Waals surface area contributed by atoms with Crippen molar-refractivity contribution in [3.63, 3.8) is 0 Å². The van der Waals surface area contributed by atoms with Gasteiger partial charge >= 0.3 is 5.97 Å². The Kier molecular flexibility index (Phi) is 8.65. The molecule has 1 aliphatic rings. The van der Waals surface area contributed by atoms with E-state index in [-0.39, 0.29) is 30.1 Å². The first-order valence-electron chi connectivity index (χ1n) is 10.00. The summed E-state index contributed by atoms with van der Waals surface area (Å²) in [5.74, 6) is -1.39. The molecule has 7 nitrogen and oxygen atoms in total. The number of nitrogens with one attached hydrogen (secondary N) is 1. The van der Waals surface area contributed by atoms with E-state index < -0.39 is 23.2 Å². The Hall–Kier alpha value is -2.61. The van der Waals surface area contributed by atoms with E-state index in [1.165, 1.54) is 11.8 Å². The molecule has 0 bridgehead atoms. The Morgan fingerprint density at radius 2 is 1.93 bits per heavy atom. The van der Waals surface area contributed by atoms with Gasteiger partial charge in [0.2, 0.25) is 5.91 Å². The highest BCUT2D eigenvalue weighted by Crippen LogP contribution is 2.27. The van der Waals surface area contributed by atoms with Gasteiger partial charge in [-0.15, -0.1) is 0 Å². The summed E-state index contributed by atoms with van der Waals surface area (Å²) >= 11 is 0.967. The summed E-state index contributed by atoms with van der Waals surface area (Å²) in [7, 11) is 0. The van der Waals surface area contributed by atoms with Crippen molar-refractivity contribution >= 4 is 46.4 Å². The molecule has 0 saturated carbocycles. The summed E-state index contributed by atoms with van der Waals surface area (Å²) in [6.07, 6.45) is 4.07. The zero-order chi connectivity index (χ0) is 22.3. The molecule has 0 aromatic heterocycles. The van der Waals surface area contributed by atoms with E-state index in [2.05, 4.69) is 5.32 Å². The van der Waals surface area contributed by atoms with Gasteiger partial charge in [-0.25, -0.2) is 0 Å². The highest BCUT2D eigenvalue weighted by Gasteiger charge is 2.33. The molecule has 1 aromatic carbocycles. The SMILES string of the molecule is CCOC(=O)CN1C(=O)C(NC(=O)[C@@H](SC(C)=O)[C@@H](C)CC)C=Cc2ccccc21. The van der Waals surface area contributed by atoms with Gasteiger partial charge in [0.25, 0.3) is 5.91 Å². The molecule has 1 aromatic rings. The van der Waals surface area contributed by atoms with E-state index >= 15 is 0 Å². The van der Waals surface area contributed by atoms with Crippen molar-refractivity contribution in [2.45, 2.75) is 45.4 Å². The number of fused-ring (bicyclic) bond motifs is 1. The van der Waals surface area contributed by atoms with Crippen molar-refractivity contribution in [3.8, 4) is 0 Å². The molecular weight excluding hydrogens is 404 g/mol. The van der Waals surface area contributed by atoms with Gasteiger partial charge in [-0.2, -0.15) is 0 Å². The van der Waals surface area contributed by atoms with E-state index in [0.717, 1.165) is 17.3 Å². The molecule has 1 N–H and O–H groups in total. The van der Waals surface area contributed by atoms with E-state index in [4.69, 9.17) is 4.74 Å². The van der Waals surface area contributed by atoms with Crippen molar-refractivity contribution in [1.82, 2.24) is 5.32 Å². The Balaban J connectivity index is 2.30. The number of esters is 1. The van der Waals surface area contributed by atoms with Crippen LogP contribution in [0.5, 0.6) is 0 Å². The summed E-state index contributed by atoms with van der Waals surface area (Å²) in [6, 6.07) is 6.22. The molecule has 1 heterocycles. The fourth-order valence-electron chi connectivity index (χ4n) is 3.11. The third-order valence-corrected chi connectivity index (χ3v) is 6.09. The van der Waals surface area contributed by atoms with Gasteiger partial charge in [-0.3, -0.25) is 24.1 Å². The number of ether oxygens (including phenoxy) is 1. The molecule has 3 atom stereocenters. The molecule has 2 rings (SSSR count). The molecule has 8 heteroatoms. The summed E-state index contributed by atoms with van der Waals surface area (Å²) in [5.41, 5.74) is 1.32. The maximum Gasteiger partial charge on any atom is 0.326 e. The molecule has 0 radical (unpaired) electrons. The third-order valence-electron chi connectivity index (χ3n) is 4.83. The fraction of sp³-hybridized carbons (Fsp3) is 0.455. The number of thioether (sulfide) groups is 1. The maximum atomic E-state index is 13.2.